The van der Waals surface area contributed by atoms with E-state index in [9.17, 15) is 0 Å². The minimum atomic E-state index is 0.682. The number of hydrogen-bond acceptors (Lipinski definition) is 5. The predicted octanol–water partition coefficient (Wildman–Crippen LogP) is 3.65. The van der Waals surface area contributed by atoms with Gasteiger partial charge in [-0.15, -0.1) is 10.2 Å². The summed E-state index contributed by atoms with van der Waals surface area (Å²) in [5.74, 6) is 0.682. The number of benzene rings is 1. The number of hydrogen-bond donors (Lipinski definition) is 0. The van der Waals surface area contributed by atoms with Crippen LogP contribution >= 0.6 is 0 Å². The maximum absolute atomic E-state index is 5.37. The number of pyridine rings is 2. The zero-order valence-corrected chi connectivity index (χ0v) is 17.0. The van der Waals surface area contributed by atoms with Gasteiger partial charge in [-0.25, -0.2) is 4.98 Å². The molecule has 1 aromatic carbocycles. The molecule has 4 aromatic rings. The molecule has 0 N–H and O–H groups in total. The van der Waals surface area contributed by atoms with Crippen molar-refractivity contribution >= 4 is 5.65 Å². The summed E-state index contributed by atoms with van der Waals surface area (Å²) >= 11 is 0. The third-order valence-electron chi connectivity index (χ3n) is 5.00. The smallest absolute Gasteiger partial charge is 0.216 e. The molecule has 0 saturated heterocycles. The first kappa shape index (κ1) is 19.1. The van der Waals surface area contributed by atoms with Gasteiger partial charge >= 0.3 is 0 Å². The summed E-state index contributed by atoms with van der Waals surface area (Å²) in [5.41, 5.74) is 6.65. The lowest BCUT2D eigenvalue weighted by atomic mass is 10.0. The van der Waals surface area contributed by atoms with Gasteiger partial charge in [0.1, 0.15) is 6.33 Å². The molecule has 0 aliphatic rings. The lowest BCUT2D eigenvalue weighted by molar-refractivity contribution is 0.392. The molecule has 6 nitrogen and oxygen atoms in total. The van der Waals surface area contributed by atoms with Crippen molar-refractivity contribution in [1.29, 1.82) is 0 Å². The second kappa shape index (κ2) is 8.41. The molecule has 148 valence electrons. The Morgan fingerprint density at radius 2 is 1.83 bits per heavy atom. The van der Waals surface area contributed by atoms with Crippen LogP contribution in [0.2, 0.25) is 0 Å². The Bertz CT molecular complexity index is 1100. The summed E-state index contributed by atoms with van der Waals surface area (Å²) < 4.78 is 7.45. The van der Waals surface area contributed by atoms with Crippen molar-refractivity contribution in [3.05, 3.63) is 77.9 Å². The Hall–Kier alpha value is -3.25. The fraction of sp³-hybridized carbons (Fsp3) is 0.261. The summed E-state index contributed by atoms with van der Waals surface area (Å²) in [6.07, 6.45) is 5.22. The topological polar surface area (TPSA) is 55.5 Å². The average Bonchev–Trinajstić information content (AvgIpc) is 3.23. The first-order valence-electron chi connectivity index (χ1n) is 9.69. The van der Waals surface area contributed by atoms with Crippen LogP contribution < -0.4 is 4.74 Å². The molecular weight excluding hydrogens is 362 g/mol. The van der Waals surface area contributed by atoms with E-state index in [4.69, 9.17) is 4.74 Å². The Morgan fingerprint density at radius 1 is 1.00 bits per heavy atom. The number of fused-ring (bicyclic) bond motifs is 1. The molecule has 0 fully saturated rings. The molecule has 0 spiro atoms. The van der Waals surface area contributed by atoms with Crippen LogP contribution in [0, 0.1) is 0 Å². The molecule has 0 aliphatic heterocycles. The van der Waals surface area contributed by atoms with Gasteiger partial charge in [0, 0.05) is 29.6 Å². The van der Waals surface area contributed by atoms with E-state index in [0.717, 1.165) is 47.4 Å². The fourth-order valence-electron chi connectivity index (χ4n) is 3.61. The van der Waals surface area contributed by atoms with Gasteiger partial charge in [-0.3, -0.25) is 4.40 Å². The van der Waals surface area contributed by atoms with Crippen molar-refractivity contribution < 1.29 is 4.74 Å². The molecule has 29 heavy (non-hydrogen) atoms. The standard InChI is InChI=1S/C23H25N5O/c1-27(2)15-17-6-8-18(9-7-17)21-13-12-20(28-16-25-26-22(21)28)11-10-19-5-4-14-24-23(19)29-3/h4-9,12-14,16H,10-11,15H2,1-3H3. The first-order chi connectivity index (χ1) is 14.2. The van der Waals surface area contributed by atoms with Crippen molar-refractivity contribution in [1.82, 2.24) is 24.5 Å². The maximum atomic E-state index is 5.37. The SMILES string of the molecule is COc1ncccc1CCc1ccc(-c2ccc(CN(C)C)cc2)c2nncn12. The van der Waals surface area contributed by atoms with Gasteiger partial charge < -0.3 is 9.64 Å². The molecule has 0 atom stereocenters. The molecule has 0 unspecified atom stereocenters. The van der Waals surface area contributed by atoms with Crippen LogP contribution in [-0.2, 0) is 19.4 Å². The van der Waals surface area contributed by atoms with E-state index in [1.54, 1.807) is 19.6 Å². The van der Waals surface area contributed by atoms with Gasteiger partial charge in [-0.1, -0.05) is 30.3 Å². The summed E-state index contributed by atoms with van der Waals surface area (Å²) in [6, 6.07) is 16.9. The van der Waals surface area contributed by atoms with E-state index in [1.807, 2.05) is 6.07 Å². The number of aromatic nitrogens is 4. The summed E-state index contributed by atoms with van der Waals surface area (Å²) in [7, 11) is 5.81. The Labute approximate surface area is 170 Å². The van der Waals surface area contributed by atoms with Crippen molar-refractivity contribution in [2.24, 2.45) is 0 Å². The molecule has 0 radical (unpaired) electrons. The van der Waals surface area contributed by atoms with Crippen LogP contribution in [0.5, 0.6) is 5.88 Å². The quantitative estimate of drug-likeness (QED) is 0.485. The van der Waals surface area contributed by atoms with E-state index in [0.29, 0.717) is 5.88 Å². The lowest BCUT2D eigenvalue weighted by Gasteiger charge is -2.12. The van der Waals surface area contributed by atoms with Gasteiger partial charge in [0.15, 0.2) is 5.65 Å². The fourth-order valence-corrected chi connectivity index (χ4v) is 3.61. The van der Waals surface area contributed by atoms with E-state index < -0.39 is 0 Å². The number of ether oxygens (including phenoxy) is 1. The van der Waals surface area contributed by atoms with E-state index in [2.05, 4.69) is 81.0 Å². The third-order valence-corrected chi connectivity index (χ3v) is 5.00. The van der Waals surface area contributed by atoms with Crippen molar-refractivity contribution in [3.63, 3.8) is 0 Å². The Kier molecular flexibility index (Phi) is 5.53. The minimum absolute atomic E-state index is 0.682. The zero-order valence-electron chi connectivity index (χ0n) is 17.0. The lowest BCUT2D eigenvalue weighted by Crippen LogP contribution is -2.10. The molecular formula is C23H25N5O. The normalized spacial score (nSPS) is 11.3. The van der Waals surface area contributed by atoms with E-state index in [1.165, 1.54) is 5.56 Å². The molecule has 0 bridgehead atoms. The third kappa shape index (κ3) is 4.12. The molecule has 0 aliphatic carbocycles. The highest BCUT2D eigenvalue weighted by atomic mass is 16.5. The largest absolute Gasteiger partial charge is 0.481 e. The molecule has 3 aromatic heterocycles. The average molecular weight is 387 g/mol. The Morgan fingerprint density at radius 3 is 2.59 bits per heavy atom. The summed E-state index contributed by atoms with van der Waals surface area (Å²) in [5, 5.41) is 8.55. The second-order valence-corrected chi connectivity index (χ2v) is 7.37. The molecule has 4 rings (SSSR count). The second-order valence-electron chi connectivity index (χ2n) is 7.37. The van der Waals surface area contributed by atoms with E-state index in [-0.39, 0.29) is 0 Å². The minimum Gasteiger partial charge on any atom is -0.481 e. The summed E-state index contributed by atoms with van der Waals surface area (Å²) in [6.45, 7) is 0.928. The van der Waals surface area contributed by atoms with Gasteiger partial charge in [-0.2, -0.15) is 0 Å². The Balaban J connectivity index is 1.60. The monoisotopic (exact) mass is 387 g/mol. The van der Waals surface area contributed by atoms with Crippen LogP contribution in [0.15, 0.2) is 61.1 Å². The molecule has 3 heterocycles. The first-order valence-corrected chi connectivity index (χ1v) is 9.69. The predicted molar refractivity (Wildman–Crippen MR) is 114 cm³/mol. The van der Waals surface area contributed by atoms with Crippen molar-refractivity contribution in [2.45, 2.75) is 19.4 Å². The molecule has 6 heteroatoms. The van der Waals surface area contributed by atoms with Crippen LogP contribution in [-0.4, -0.2) is 45.7 Å². The van der Waals surface area contributed by atoms with Gasteiger partial charge in [-0.05, 0) is 56.3 Å². The van der Waals surface area contributed by atoms with Crippen LogP contribution in [0.1, 0.15) is 16.8 Å². The number of rotatable bonds is 7. The summed E-state index contributed by atoms with van der Waals surface area (Å²) in [4.78, 5) is 6.45. The van der Waals surface area contributed by atoms with Crippen LogP contribution in [0.25, 0.3) is 16.8 Å². The zero-order chi connectivity index (χ0) is 20.2. The van der Waals surface area contributed by atoms with Gasteiger partial charge in [0.2, 0.25) is 5.88 Å². The molecule has 0 amide bonds. The van der Waals surface area contributed by atoms with E-state index >= 15 is 0 Å². The molecule has 0 saturated carbocycles. The van der Waals surface area contributed by atoms with Crippen molar-refractivity contribution in [3.8, 4) is 17.0 Å². The van der Waals surface area contributed by atoms with Crippen molar-refractivity contribution in [2.75, 3.05) is 21.2 Å². The highest BCUT2D eigenvalue weighted by molar-refractivity contribution is 5.77. The van der Waals surface area contributed by atoms with Gasteiger partial charge in [0.25, 0.3) is 0 Å². The van der Waals surface area contributed by atoms with Crippen LogP contribution in [0.4, 0.5) is 0 Å². The highest BCUT2D eigenvalue weighted by Crippen LogP contribution is 2.26. The van der Waals surface area contributed by atoms with Crippen LogP contribution in [0.3, 0.4) is 0 Å². The highest BCUT2D eigenvalue weighted by Gasteiger charge is 2.11. The number of aryl methyl sites for hydroxylation is 2. The maximum Gasteiger partial charge on any atom is 0.216 e. The number of methoxy groups -OCH3 is 1. The number of nitrogens with zero attached hydrogens (tertiary/aromatic N) is 5. The van der Waals surface area contributed by atoms with Gasteiger partial charge in [0.05, 0.1) is 7.11 Å².